The van der Waals surface area contributed by atoms with Crippen molar-refractivity contribution in [3.8, 4) is 0 Å². The van der Waals surface area contributed by atoms with Crippen molar-refractivity contribution in [3.63, 3.8) is 0 Å². The number of hydrogen-bond acceptors (Lipinski definition) is 2. The first-order valence-electron chi connectivity index (χ1n) is 8.60. The molecule has 1 heterocycles. The first-order chi connectivity index (χ1) is 12.5. The van der Waals surface area contributed by atoms with Gasteiger partial charge in [-0.3, -0.25) is 9.59 Å². The fourth-order valence-corrected chi connectivity index (χ4v) is 3.10. The van der Waals surface area contributed by atoms with Crippen LogP contribution in [0.1, 0.15) is 28.8 Å². The highest BCUT2D eigenvalue weighted by Gasteiger charge is 2.27. The van der Waals surface area contributed by atoms with Crippen LogP contribution < -0.4 is 5.32 Å². The number of carbonyl (C=O) groups excluding carboxylic acids is 2. The van der Waals surface area contributed by atoms with Crippen LogP contribution in [0.15, 0.2) is 48.5 Å². The number of carbonyl (C=O) groups is 2. The van der Waals surface area contributed by atoms with Crippen LogP contribution in [0.2, 0.25) is 0 Å². The Hall–Kier alpha value is -2.76. The van der Waals surface area contributed by atoms with Crippen LogP contribution in [-0.2, 0) is 11.3 Å². The second-order valence-corrected chi connectivity index (χ2v) is 6.42. The molecule has 0 atom stereocenters. The lowest BCUT2D eigenvalue weighted by molar-refractivity contribution is -0.126. The van der Waals surface area contributed by atoms with Crippen LogP contribution in [-0.4, -0.2) is 29.8 Å². The Morgan fingerprint density at radius 3 is 2.35 bits per heavy atom. The van der Waals surface area contributed by atoms with Gasteiger partial charge in [0.2, 0.25) is 5.91 Å². The monoisotopic (exact) mass is 358 g/mol. The maximum Gasteiger partial charge on any atom is 0.253 e. The van der Waals surface area contributed by atoms with Gasteiger partial charge in [-0.15, -0.1) is 0 Å². The lowest BCUT2D eigenvalue weighted by Gasteiger charge is -2.31. The highest BCUT2D eigenvalue weighted by atomic mass is 19.1. The standard InChI is InChI=1S/C20H20F2N2O2/c21-17-6-4-16(5-7-17)20(26)24-10-8-15(9-11-24)19(25)23-13-14-2-1-3-18(22)12-14/h1-7,12,15H,8-11,13H2,(H,23,25). The molecule has 2 aromatic carbocycles. The van der Waals surface area contributed by atoms with Crippen molar-refractivity contribution in [2.24, 2.45) is 5.92 Å². The first-order valence-corrected chi connectivity index (χ1v) is 8.60. The van der Waals surface area contributed by atoms with Crippen molar-refractivity contribution >= 4 is 11.8 Å². The Bertz CT molecular complexity index is 785. The minimum Gasteiger partial charge on any atom is -0.352 e. The molecule has 1 fully saturated rings. The fraction of sp³-hybridized carbons (Fsp3) is 0.300. The molecular formula is C20H20F2N2O2. The molecule has 2 aromatic rings. The lowest BCUT2D eigenvalue weighted by Crippen LogP contribution is -2.42. The van der Waals surface area contributed by atoms with E-state index in [9.17, 15) is 18.4 Å². The highest BCUT2D eigenvalue weighted by Crippen LogP contribution is 2.19. The highest BCUT2D eigenvalue weighted by molar-refractivity contribution is 5.94. The van der Waals surface area contributed by atoms with Crippen molar-refractivity contribution in [1.29, 1.82) is 0 Å². The average Bonchev–Trinajstić information content (AvgIpc) is 2.66. The van der Waals surface area contributed by atoms with Crippen LogP contribution >= 0.6 is 0 Å². The van der Waals surface area contributed by atoms with Crippen molar-refractivity contribution in [3.05, 3.63) is 71.3 Å². The smallest absolute Gasteiger partial charge is 0.253 e. The van der Waals surface area contributed by atoms with Crippen molar-refractivity contribution in [2.75, 3.05) is 13.1 Å². The minimum absolute atomic E-state index is 0.0804. The summed E-state index contributed by atoms with van der Waals surface area (Å²) in [6.45, 7) is 1.24. The molecule has 4 nitrogen and oxygen atoms in total. The fourth-order valence-electron chi connectivity index (χ4n) is 3.10. The topological polar surface area (TPSA) is 49.4 Å². The van der Waals surface area contributed by atoms with E-state index in [1.165, 1.54) is 36.4 Å². The largest absolute Gasteiger partial charge is 0.352 e. The maximum absolute atomic E-state index is 13.2. The first kappa shape index (κ1) is 18.0. The van der Waals surface area contributed by atoms with E-state index >= 15 is 0 Å². The van der Waals surface area contributed by atoms with Gasteiger partial charge in [-0.05, 0) is 54.8 Å². The van der Waals surface area contributed by atoms with Crippen LogP contribution in [0.25, 0.3) is 0 Å². The molecule has 0 spiro atoms. The molecule has 0 radical (unpaired) electrons. The van der Waals surface area contributed by atoms with E-state index in [0.29, 0.717) is 37.1 Å². The molecule has 26 heavy (non-hydrogen) atoms. The molecule has 1 aliphatic heterocycles. The Morgan fingerprint density at radius 2 is 1.69 bits per heavy atom. The van der Waals surface area contributed by atoms with E-state index in [2.05, 4.69) is 5.32 Å². The van der Waals surface area contributed by atoms with E-state index in [1.807, 2.05) is 0 Å². The zero-order valence-electron chi connectivity index (χ0n) is 14.3. The van der Waals surface area contributed by atoms with Crippen LogP contribution in [0.4, 0.5) is 8.78 Å². The molecule has 2 amide bonds. The summed E-state index contributed by atoms with van der Waals surface area (Å²) in [5.74, 6) is -1.10. The SMILES string of the molecule is O=C(NCc1cccc(F)c1)C1CCN(C(=O)c2ccc(F)cc2)CC1. The molecule has 1 N–H and O–H groups in total. The third-order valence-electron chi connectivity index (χ3n) is 4.60. The number of nitrogens with one attached hydrogen (secondary N) is 1. The molecule has 1 aliphatic rings. The van der Waals surface area contributed by atoms with E-state index < -0.39 is 0 Å². The van der Waals surface area contributed by atoms with E-state index in [0.717, 1.165) is 0 Å². The van der Waals surface area contributed by atoms with E-state index in [4.69, 9.17) is 0 Å². The molecule has 0 aliphatic carbocycles. The van der Waals surface area contributed by atoms with Crippen molar-refractivity contribution in [2.45, 2.75) is 19.4 Å². The molecular weight excluding hydrogens is 338 g/mol. The van der Waals surface area contributed by atoms with Crippen molar-refractivity contribution < 1.29 is 18.4 Å². The van der Waals surface area contributed by atoms with E-state index in [-0.39, 0.29) is 35.9 Å². The van der Waals surface area contributed by atoms with Gasteiger partial charge in [0.05, 0.1) is 0 Å². The Kier molecular flexibility index (Phi) is 5.61. The molecule has 3 rings (SSSR count). The van der Waals surface area contributed by atoms with Gasteiger partial charge in [0.15, 0.2) is 0 Å². The second-order valence-electron chi connectivity index (χ2n) is 6.42. The number of likely N-dealkylation sites (tertiary alicyclic amines) is 1. The molecule has 0 bridgehead atoms. The second kappa shape index (κ2) is 8.08. The van der Waals surface area contributed by atoms with Gasteiger partial charge in [0.1, 0.15) is 11.6 Å². The predicted octanol–water partition coefficient (Wildman–Crippen LogP) is 3.13. The summed E-state index contributed by atoms with van der Waals surface area (Å²) >= 11 is 0. The number of benzene rings is 2. The molecule has 136 valence electrons. The van der Waals surface area contributed by atoms with Crippen molar-refractivity contribution in [1.82, 2.24) is 10.2 Å². The number of nitrogens with zero attached hydrogens (tertiary/aromatic N) is 1. The Morgan fingerprint density at radius 1 is 1.00 bits per heavy atom. The summed E-state index contributed by atoms with van der Waals surface area (Å²) in [7, 11) is 0. The van der Waals surface area contributed by atoms with Gasteiger partial charge in [-0.1, -0.05) is 12.1 Å². The van der Waals surface area contributed by atoms with Gasteiger partial charge in [-0.25, -0.2) is 8.78 Å². The summed E-state index contributed by atoms with van der Waals surface area (Å²) < 4.78 is 26.1. The third kappa shape index (κ3) is 4.45. The molecule has 6 heteroatoms. The normalized spacial score (nSPS) is 14.9. The summed E-state index contributed by atoms with van der Waals surface area (Å²) in [6, 6.07) is 11.6. The van der Waals surface area contributed by atoms with Gasteiger partial charge in [0.25, 0.3) is 5.91 Å². The lowest BCUT2D eigenvalue weighted by atomic mass is 9.95. The Balaban J connectivity index is 1.49. The summed E-state index contributed by atoms with van der Waals surface area (Å²) in [5.41, 5.74) is 1.16. The number of hydrogen-bond donors (Lipinski definition) is 1. The van der Waals surface area contributed by atoms with Gasteiger partial charge in [0, 0.05) is 31.1 Å². The van der Waals surface area contributed by atoms with Gasteiger partial charge in [-0.2, -0.15) is 0 Å². The predicted molar refractivity (Wildman–Crippen MR) is 93.3 cm³/mol. The quantitative estimate of drug-likeness (QED) is 0.913. The van der Waals surface area contributed by atoms with Gasteiger partial charge < -0.3 is 10.2 Å². The summed E-state index contributed by atoms with van der Waals surface area (Å²) in [6.07, 6.45) is 1.14. The Labute approximate surface area is 150 Å². The van der Waals surface area contributed by atoms with Crippen LogP contribution in [0.3, 0.4) is 0 Å². The van der Waals surface area contributed by atoms with Gasteiger partial charge >= 0.3 is 0 Å². The molecule has 0 unspecified atom stereocenters. The van der Waals surface area contributed by atoms with E-state index in [1.54, 1.807) is 17.0 Å². The molecule has 0 saturated carbocycles. The average molecular weight is 358 g/mol. The molecule has 1 saturated heterocycles. The minimum atomic E-state index is -0.379. The number of halogens is 2. The number of piperidine rings is 1. The zero-order valence-corrected chi connectivity index (χ0v) is 14.3. The summed E-state index contributed by atoms with van der Waals surface area (Å²) in [5, 5.41) is 2.83. The molecule has 0 aromatic heterocycles. The maximum atomic E-state index is 13.2. The number of rotatable bonds is 4. The third-order valence-corrected chi connectivity index (χ3v) is 4.60. The summed E-state index contributed by atoms with van der Waals surface area (Å²) in [4.78, 5) is 26.4. The zero-order chi connectivity index (χ0) is 18.5. The van der Waals surface area contributed by atoms with Crippen LogP contribution in [0, 0.1) is 17.6 Å². The number of amides is 2. The van der Waals surface area contributed by atoms with Crippen LogP contribution in [0.5, 0.6) is 0 Å².